The lowest BCUT2D eigenvalue weighted by Crippen LogP contribution is -2.42. The lowest BCUT2D eigenvalue weighted by Gasteiger charge is -2.29. The molecule has 4 nitrogen and oxygen atoms in total. The summed E-state index contributed by atoms with van der Waals surface area (Å²) in [5.74, 6) is 0. The van der Waals surface area contributed by atoms with Crippen molar-refractivity contribution in [3.63, 3.8) is 0 Å². The van der Waals surface area contributed by atoms with Gasteiger partial charge in [0, 0.05) is 23.6 Å². The second-order valence-electron chi connectivity index (χ2n) is 4.20. The van der Waals surface area contributed by atoms with Gasteiger partial charge < -0.3 is 5.73 Å². The highest BCUT2D eigenvalue weighted by Crippen LogP contribution is 2.21. The van der Waals surface area contributed by atoms with Gasteiger partial charge >= 0.3 is 0 Å². The molecule has 1 aromatic carbocycles. The molecule has 0 unspecified atom stereocenters. The van der Waals surface area contributed by atoms with Gasteiger partial charge in [0.05, 0.1) is 4.90 Å². The Morgan fingerprint density at radius 3 is 2.24 bits per heavy atom. The van der Waals surface area contributed by atoms with E-state index in [0.717, 1.165) is 17.3 Å². The van der Waals surface area contributed by atoms with E-state index in [4.69, 9.17) is 5.73 Å². The zero-order valence-corrected chi connectivity index (χ0v) is 11.7. The molecule has 0 radical (unpaired) electrons. The maximum Gasteiger partial charge on any atom is 0.243 e. The second kappa shape index (κ2) is 5.06. The van der Waals surface area contributed by atoms with Crippen molar-refractivity contribution in [2.45, 2.75) is 23.8 Å². The Labute approximate surface area is 110 Å². The average molecular weight is 319 g/mol. The summed E-state index contributed by atoms with van der Waals surface area (Å²) in [5.41, 5.74) is 5.77. The van der Waals surface area contributed by atoms with Gasteiger partial charge in [0.15, 0.2) is 0 Å². The maximum absolute atomic E-state index is 12.3. The fourth-order valence-corrected chi connectivity index (χ4v) is 3.61. The van der Waals surface area contributed by atoms with Gasteiger partial charge in [0.25, 0.3) is 0 Å². The largest absolute Gasteiger partial charge is 0.328 e. The molecule has 1 heterocycles. The molecule has 94 valence electrons. The first-order valence-corrected chi connectivity index (χ1v) is 7.75. The summed E-state index contributed by atoms with van der Waals surface area (Å²) >= 11 is 3.29. The topological polar surface area (TPSA) is 63.4 Å². The van der Waals surface area contributed by atoms with E-state index < -0.39 is 10.0 Å². The summed E-state index contributed by atoms with van der Waals surface area (Å²) in [4.78, 5) is 0.344. The van der Waals surface area contributed by atoms with Gasteiger partial charge in [-0.15, -0.1) is 0 Å². The van der Waals surface area contributed by atoms with E-state index in [-0.39, 0.29) is 6.04 Å². The highest BCUT2D eigenvalue weighted by molar-refractivity contribution is 9.10. The number of nitrogens with two attached hydrogens (primary N) is 1. The fraction of sp³-hybridized carbons (Fsp3) is 0.455. The monoisotopic (exact) mass is 318 g/mol. The van der Waals surface area contributed by atoms with E-state index in [2.05, 4.69) is 15.9 Å². The van der Waals surface area contributed by atoms with Gasteiger partial charge in [0.2, 0.25) is 10.0 Å². The SMILES string of the molecule is NC1CCN(S(=O)(=O)c2ccc(Br)cc2)CC1. The number of sulfonamides is 1. The van der Waals surface area contributed by atoms with E-state index in [0.29, 0.717) is 18.0 Å². The van der Waals surface area contributed by atoms with Crippen molar-refractivity contribution >= 4 is 26.0 Å². The molecule has 6 heteroatoms. The summed E-state index contributed by atoms with van der Waals surface area (Å²) in [7, 11) is -3.35. The molecule has 17 heavy (non-hydrogen) atoms. The number of halogens is 1. The smallest absolute Gasteiger partial charge is 0.243 e. The standard InChI is InChI=1S/C11H15BrN2O2S/c12-9-1-3-11(4-2-9)17(15,16)14-7-5-10(13)6-8-14/h1-4,10H,5-8,13H2. The number of benzene rings is 1. The highest BCUT2D eigenvalue weighted by atomic mass is 79.9. The molecule has 2 N–H and O–H groups in total. The molecule has 0 aromatic heterocycles. The van der Waals surface area contributed by atoms with Gasteiger partial charge in [-0.3, -0.25) is 0 Å². The third-order valence-electron chi connectivity index (χ3n) is 2.95. The van der Waals surface area contributed by atoms with Crippen LogP contribution in [0.3, 0.4) is 0 Å². The first-order valence-electron chi connectivity index (χ1n) is 5.51. The van der Waals surface area contributed by atoms with Crippen molar-refractivity contribution in [3.05, 3.63) is 28.7 Å². The molecule has 0 atom stereocenters. The normalized spacial score (nSPS) is 19.4. The Morgan fingerprint density at radius 2 is 1.71 bits per heavy atom. The Bertz CT molecular complexity index is 479. The molecule has 1 aliphatic rings. The van der Waals surface area contributed by atoms with E-state index >= 15 is 0 Å². The molecule has 1 aliphatic heterocycles. The minimum Gasteiger partial charge on any atom is -0.328 e. The zero-order chi connectivity index (χ0) is 12.5. The predicted molar refractivity (Wildman–Crippen MR) is 70.1 cm³/mol. The maximum atomic E-state index is 12.3. The van der Waals surface area contributed by atoms with Crippen LogP contribution in [-0.2, 0) is 10.0 Å². The number of nitrogens with zero attached hydrogens (tertiary/aromatic N) is 1. The van der Waals surface area contributed by atoms with Crippen molar-refractivity contribution in [2.75, 3.05) is 13.1 Å². The van der Waals surface area contributed by atoms with E-state index in [1.165, 1.54) is 4.31 Å². The van der Waals surface area contributed by atoms with Crippen LogP contribution >= 0.6 is 15.9 Å². The Hall–Kier alpha value is -0.430. The van der Waals surface area contributed by atoms with Crippen LogP contribution in [-0.4, -0.2) is 31.9 Å². The average Bonchev–Trinajstić information content (AvgIpc) is 2.30. The van der Waals surface area contributed by atoms with Crippen LogP contribution < -0.4 is 5.73 Å². The van der Waals surface area contributed by atoms with Crippen LogP contribution in [0.4, 0.5) is 0 Å². The Morgan fingerprint density at radius 1 is 1.18 bits per heavy atom. The summed E-state index contributed by atoms with van der Waals surface area (Å²) in [6, 6.07) is 6.85. The molecule has 0 spiro atoms. The number of hydrogen-bond acceptors (Lipinski definition) is 3. The van der Waals surface area contributed by atoms with E-state index in [1.807, 2.05) is 0 Å². The van der Waals surface area contributed by atoms with Gasteiger partial charge in [-0.05, 0) is 37.1 Å². The van der Waals surface area contributed by atoms with Crippen LogP contribution in [0.5, 0.6) is 0 Å². The lowest BCUT2D eigenvalue weighted by molar-refractivity contribution is 0.320. The molecule has 0 bridgehead atoms. The molecular weight excluding hydrogens is 304 g/mol. The molecule has 0 aliphatic carbocycles. The molecule has 0 saturated carbocycles. The van der Waals surface area contributed by atoms with Crippen LogP contribution in [0.15, 0.2) is 33.6 Å². The van der Waals surface area contributed by atoms with E-state index in [1.54, 1.807) is 24.3 Å². The van der Waals surface area contributed by atoms with Gasteiger partial charge in [-0.1, -0.05) is 15.9 Å². The molecular formula is C11H15BrN2O2S. The molecule has 1 fully saturated rings. The number of piperidine rings is 1. The minimum atomic E-state index is -3.35. The molecule has 1 aromatic rings. The number of hydrogen-bond donors (Lipinski definition) is 1. The summed E-state index contributed by atoms with van der Waals surface area (Å²) in [6.45, 7) is 1.03. The van der Waals surface area contributed by atoms with Gasteiger partial charge in [-0.25, -0.2) is 8.42 Å². The first kappa shape index (κ1) is 13.0. The van der Waals surface area contributed by atoms with Crippen LogP contribution in [0, 0.1) is 0 Å². The van der Waals surface area contributed by atoms with Gasteiger partial charge in [0.1, 0.15) is 0 Å². The third-order valence-corrected chi connectivity index (χ3v) is 5.39. The summed E-state index contributed by atoms with van der Waals surface area (Å²) in [5, 5.41) is 0. The first-order chi connectivity index (χ1) is 8.00. The lowest BCUT2D eigenvalue weighted by atomic mass is 10.1. The molecule has 2 rings (SSSR count). The van der Waals surface area contributed by atoms with Crippen LogP contribution in [0.2, 0.25) is 0 Å². The van der Waals surface area contributed by atoms with Crippen LogP contribution in [0.25, 0.3) is 0 Å². The van der Waals surface area contributed by atoms with Crippen molar-refractivity contribution in [1.29, 1.82) is 0 Å². The van der Waals surface area contributed by atoms with E-state index in [9.17, 15) is 8.42 Å². The summed E-state index contributed by atoms with van der Waals surface area (Å²) < 4.78 is 26.9. The van der Waals surface area contributed by atoms with Crippen molar-refractivity contribution in [3.8, 4) is 0 Å². The quantitative estimate of drug-likeness (QED) is 0.900. The second-order valence-corrected chi connectivity index (χ2v) is 7.05. The zero-order valence-electron chi connectivity index (χ0n) is 9.34. The number of rotatable bonds is 2. The van der Waals surface area contributed by atoms with Crippen molar-refractivity contribution in [1.82, 2.24) is 4.31 Å². The highest BCUT2D eigenvalue weighted by Gasteiger charge is 2.27. The minimum absolute atomic E-state index is 0.131. The Kier molecular flexibility index (Phi) is 3.87. The predicted octanol–water partition coefficient (Wildman–Crippen LogP) is 1.56. The molecule has 1 saturated heterocycles. The molecule has 0 amide bonds. The van der Waals surface area contributed by atoms with Crippen LogP contribution in [0.1, 0.15) is 12.8 Å². The fourth-order valence-electron chi connectivity index (χ4n) is 1.87. The van der Waals surface area contributed by atoms with Gasteiger partial charge in [-0.2, -0.15) is 4.31 Å². The van der Waals surface area contributed by atoms with Crippen molar-refractivity contribution in [2.24, 2.45) is 5.73 Å². The van der Waals surface area contributed by atoms with Crippen molar-refractivity contribution < 1.29 is 8.42 Å². The third kappa shape index (κ3) is 2.88. The Balaban J connectivity index is 2.21. The summed E-state index contributed by atoms with van der Waals surface area (Å²) in [6.07, 6.45) is 1.46.